The number of hydrogen-bond acceptors (Lipinski definition) is 5. The van der Waals surface area contributed by atoms with Gasteiger partial charge in [0.25, 0.3) is 0 Å². The summed E-state index contributed by atoms with van der Waals surface area (Å²) in [6, 6.07) is 6.03. The highest BCUT2D eigenvalue weighted by Crippen LogP contribution is 2.38. The Labute approximate surface area is 163 Å². The molecule has 140 valence electrons. The molecule has 6 heteroatoms. The van der Waals surface area contributed by atoms with Crippen LogP contribution in [0, 0.1) is 13.8 Å². The van der Waals surface area contributed by atoms with Crippen LogP contribution in [0.25, 0.3) is 10.2 Å². The number of carbonyl (C=O) groups excluding carboxylic acids is 1. The number of para-hydroxylation sites is 1. The van der Waals surface area contributed by atoms with Crippen LogP contribution in [-0.4, -0.2) is 29.5 Å². The van der Waals surface area contributed by atoms with Gasteiger partial charge >= 0.3 is 0 Å². The van der Waals surface area contributed by atoms with Crippen molar-refractivity contribution >= 4 is 39.0 Å². The van der Waals surface area contributed by atoms with Crippen LogP contribution in [0.5, 0.6) is 0 Å². The maximum atomic E-state index is 12.7. The van der Waals surface area contributed by atoms with E-state index in [4.69, 9.17) is 0 Å². The van der Waals surface area contributed by atoms with E-state index in [2.05, 4.69) is 15.3 Å². The largest absolute Gasteiger partial charge is 0.350 e. The van der Waals surface area contributed by atoms with Crippen molar-refractivity contribution in [3.8, 4) is 0 Å². The molecule has 2 aromatic heterocycles. The average Bonchev–Trinajstić information content (AvgIpc) is 3.03. The number of nitrogens with zero attached hydrogens (tertiary/aromatic N) is 3. The number of fused-ring (bicyclic) bond motifs is 3. The lowest BCUT2D eigenvalue weighted by molar-refractivity contribution is -0.114. The predicted molar refractivity (Wildman–Crippen MR) is 112 cm³/mol. The maximum Gasteiger partial charge on any atom is 0.243 e. The third-order valence-corrected chi connectivity index (χ3v) is 6.42. The van der Waals surface area contributed by atoms with E-state index in [1.54, 1.807) is 17.7 Å². The second-order valence-corrected chi connectivity index (χ2v) is 8.34. The van der Waals surface area contributed by atoms with Crippen molar-refractivity contribution in [1.29, 1.82) is 0 Å². The topological polar surface area (TPSA) is 58.1 Å². The highest BCUT2D eigenvalue weighted by atomic mass is 32.1. The molecule has 0 aliphatic heterocycles. The van der Waals surface area contributed by atoms with Gasteiger partial charge in [0.1, 0.15) is 17.0 Å². The first-order valence-corrected chi connectivity index (χ1v) is 10.2. The lowest BCUT2D eigenvalue weighted by Gasteiger charge is -2.20. The number of carbonyl (C=O) groups is 1. The molecule has 3 aromatic rings. The van der Waals surface area contributed by atoms with Crippen LogP contribution in [0.15, 0.2) is 24.5 Å². The van der Waals surface area contributed by atoms with E-state index >= 15 is 0 Å². The fourth-order valence-electron chi connectivity index (χ4n) is 3.84. The Morgan fingerprint density at radius 3 is 2.70 bits per heavy atom. The van der Waals surface area contributed by atoms with Crippen molar-refractivity contribution in [3.05, 3.63) is 46.1 Å². The summed E-state index contributed by atoms with van der Waals surface area (Å²) in [4.78, 5) is 26.1. The van der Waals surface area contributed by atoms with Gasteiger partial charge in [0.2, 0.25) is 5.91 Å². The van der Waals surface area contributed by atoms with Crippen molar-refractivity contribution in [2.45, 2.75) is 39.5 Å². The molecule has 1 aliphatic carbocycles. The van der Waals surface area contributed by atoms with Crippen LogP contribution in [0.3, 0.4) is 0 Å². The van der Waals surface area contributed by atoms with Crippen LogP contribution < -0.4 is 10.2 Å². The highest BCUT2D eigenvalue weighted by Gasteiger charge is 2.22. The number of hydrogen-bond donors (Lipinski definition) is 1. The number of aromatic nitrogens is 2. The lowest BCUT2D eigenvalue weighted by atomic mass is 9.97. The number of amides is 1. The summed E-state index contributed by atoms with van der Waals surface area (Å²) in [6.07, 6.45) is 6.28. The highest BCUT2D eigenvalue weighted by molar-refractivity contribution is 7.19. The standard InChI is InChI=1S/C21H24N4OS/c1-13-7-6-8-14(2)19(13)24-17(26)11-25(3)20-18-15-9-4-5-10-16(15)27-21(18)23-12-22-20/h6-8,12H,4-5,9-11H2,1-3H3,(H,24,26). The van der Waals surface area contributed by atoms with E-state index in [9.17, 15) is 4.79 Å². The predicted octanol–water partition coefficient (Wildman–Crippen LogP) is 4.26. The van der Waals surface area contributed by atoms with E-state index in [0.717, 1.165) is 45.7 Å². The number of nitrogens with one attached hydrogen (secondary N) is 1. The number of thiophene rings is 1. The van der Waals surface area contributed by atoms with Crippen LogP contribution in [-0.2, 0) is 17.6 Å². The van der Waals surface area contributed by atoms with E-state index in [0.29, 0.717) is 0 Å². The monoisotopic (exact) mass is 380 g/mol. The molecular formula is C21H24N4OS. The Bertz CT molecular complexity index is 991. The van der Waals surface area contributed by atoms with E-state index in [-0.39, 0.29) is 12.5 Å². The molecule has 27 heavy (non-hydrogen) atoms. The zero-order chi connectivity index (χ0) is 19.0. The molecule has 4 rings (SSSR count). The summed E-state index contributed by atoms with van der Waals surface area (Å²) >= 11 is 1.78. The van der Waals surface area contributed by atoms with Gasteiger partial charge < -0.3 is 10.2 Å². The van der Waals surface area contributed by atoms with Gasteiger partial charge in [-0.3, -0.25) is 4.79 Å². The third kappa shape index (κ3) is 3.41. The smallest absolute Gasteiger partial charge is 0.243 e. The molecule has 0 radical (unpaired) electrons. The van der Waals surface area contributed by atoms with Crippen molar-refractivity contribution < 1.29 is 4.79 Å². The first kappa shape index (κ1) is 17.9. The van der Waals surface area contributed by atoms with E-state index in [1.807, 2.05) is 44.0 Å². The summed E-state index contributed by atoms with van der Waals surface area (Å²) in [6.45, 7) is 4.28. The molecular weight excluding hydrogens is 356 g/mol. The van der Waals surface area contributed by atoms with Gasteiger partial charge in [0, 0.05) is 17.6 Å². The normalized spacial score (nSPS) is 13.4. The summed E-state index contributed by atoms with van der Waals surface area (Å²) < 4.78 is 0. The van der Waals surface area contributed by atoms with Crippen molar-refractivity contribution in [2.24, 2.45) is 0 Å². The summed E-state index contributed by atoms with van der Waals surface area (Å²) in [5, 5.41) is 4.20. The molecule has 0 saturated carbocycles. The van der Waals surface area contributed by atoms with Gasteiger partial charge in [-0.15, -0.1) is 11.3 Å². The molecule has 0 atom stereocenters. The molecule has 2 heterocycles. The van der Waals surface area contributed by atoms with Gasteiger partial charge in [-0.1, -0.05) is 18.2 Å². The van der Waals surface area contributed by atoms with Crippen LogP contribution >= 0.6 is 11.3 Å². The number of anilines is 2. The Balaban J connectivity index is 1.59. The van der Waals surface area contributed by atoms with Crippen molar-refractivity contribution in [2.75, 3.05) is 23.8 Å². The number of aryl methyl sites for hydroxylation is 4. The first-order valence-electron chi connectivity index (χ1n) is 9.37. The fraction of sp³-hybridized carbons (Fsp3) is 0.381. The van der Waals surface area contributed by atoms with Gasteiger partial charge in [-0.25, -0.2) is 9.97 Å². The zero-order valence-corrected chi connectivity index (χ0v) is 16.8. The van der Waals surface area contributed by atoms with E-state index < -0.39 is 0 Å². The maximum absolute atomic E-state index is 12.7. The second-order valence-electron chi connectivity index (χ2n) is 7.26. The number of likely N-dealkylation sites (N-methyl/N-ethyl adjacent to an activating group) is 1. The molecule has 1 amide bonds. The van der Waals surface area contributed by atoms with Gasteiger partial charge in [0.15, 0.2) is 0 Å². The van der Waals surface area contributed by atoms with Crippen LogP contribution in [0.4, 0.5) is 11.5 Å². The van der Waals surface area contributed by atoms with Crippen molar-refractivity contribution in [1.82, 2.24) is 9.97 Å². The van der Waals surface area contributed by atoms with Crippen molar-refractivity contribution in [3.63, 3.8) is 0 Å². The van der Waals surface area contributed by atoms with Gasteiger partial charge in [-0.2, -0.15) is 0 Å². The summed E-state index contributed by atoms with van der Waals surface area (Å²) in [5.41, 5.74) is 4.43. The molecule has 0 unspecified atom stereocenters. The average molecular weight is 381 g/mol. The zero-order valence-electron chi connectivity index (χ0n) is 16.0. The molecule has 0 bridgehead atoms. The minimum absolute atomic E-state index is 0.0363. The quantitative estimate of drug-likeness (QED) is 0.735. The summed E-state index contributed by atoms with van der Waals surface area (Å²) in [5.74, 6) is 0.821. The minimum atomic E-state index is -0.0363. The Morgan fingerprint density at radius 1 is 1.19 bits per heavy atom. The first-order chi connectivity index (χ1) is 13.0. The fourth-order valence-corrected chi connectivity index (χ4v) is 5.07. The molecule has 0 saturated heterocycles. The molecule has 0 spiro atoms. The Morgan fingerprint density at radius 2 is 1.93 bits per heavy atom. The second kappa shape index (κ2) is 7.27. The number of benzene rings is 1. The van der Waals surface area contributed by atoms with E-state index in [1.165, 1.54) is 23.3 Å². The number of rotatable bonds is 4. The molecule has 1 aliphatic rings. The Kier molecular flexibility index (Phi) is 4.83. The minimum Gasteiger partial charge on any atom is -0.350 e. The SMILES string of the molecule is Cc1cccc(C)c1NC(=O)CN(C)c1ncnc2sc3c(c12)CCCC3. The lowest BCUT2D eigenvalue weighted by Crippen LogP contribution is -2.31. The third-order valence-electron chi connectivity index (χ3n) is 5.22. The molecule has 0 fully saturated rings. The molecule has 5 nitrogen and oxygen atoms in total. The van der Waals surface area contributed by atoms with Gasteiger partial charge in [0.05, 0.1) is 11.9 Å². The molecule has 1 N–H and O–H groups in total. The molecule has 1 aromatic carbocycles. The van der Waals surface area contributed by atoms with Gasteiger partial charge in [-0.05, 0) is 56.2 Å². The Hall–Kier alpha value is -2.47. The summed E-state index contributed by atoms with van der Waals surface area (Å²) in [7, 11) is 1.93. The van der Waals surface area contributed by atoms with Crippen LogP contribution in [0.2, 0.25) is 0 Å². The van der Waals surface area contributed by atoms with Crippen LogP contribution in [0.1, 0.15) is 34.4 Å².